The van der Waals surface area contributed by atoms with Crippen LogP contribution in [0.2, 0.25) is 0 Å². The van der Waals surface area contributed by atoms with Gasteiger partial charge in [0, 0.05) is 7.11 Å². The summed E-state index contributed by atoms with van der Waals surface area (Å²) in [5.41, 5.74) is -0.672. The minimum Gasteiger partial charge on any atom is -0.478 e. The fraction of sp³-hybridized carbons (Fsp3) is 0.300. The number of ether oxygens (including phenoxy) is 2. The highest BCUT2D eigenvalue weighted by Gasteiger charge is 2.27. The number of hydrogen-bond donors (Lipinski definition) is 1. The summed E-state index contributed by atoms with van der Waals surface area (Å²) in [6, 6.07) is 1.58. The minimum atomic E-state index is -1.44. The highest BCUT2D eigenvalue weighted by Crippen LogP contribution is 2.36. The van der Waals surface area contributed by atoms with Gasteiger partial charge in [0.1, 0.15) is 5.82 Å². The Labute approximate surface area is 115 Å². The lowest BCUT2D eigenvalue weighted by molar-refractivity contribution is -0.386. The van der Waals surface area contributed by atoms with Crippen molar-refractivity contribution in [3.05, 3.63) is 32.5 Å². The quantitative estimate of drug-likeness (QED) is 0.629. The van der Waals surface area contributed by atoms with E-state index in [1.165, 1.54) is 7.11 Å². The van der Waals surface area contributed by atoms with Crippen LogP contribution in [-0.2, 0) is 9.53 Å². The van der Waals surface area contributed by atoms with Crippen LogP contribution >= 0.6 is 15.9 Å². The van der Waals surface area contributed by atoms with E-state index in [2.05, 4.69) is 20.7 Å². The predicted molar refractivity (Wildman–Crippen MR) is 64.7 cm³/mol. The molecule has 1 aromatic carbocycles. The van der Waals surface area contributed by atoms with E-state index in [1.54, 1.807) is 0 Å². The van der Waals surface area contributed by atoms with Crippen molar-refractivity contribution in [2.75, 3.05) is 13.7 Å². The van der Waals surface area contributed by atoms with Crippen molar-refractivity contribution < 1.29 is 28.7 Å². The highest BCUT2D eigenvalue weighted by molar-refractivity contribution is 9.10. The zero-order chi connectivity index (χ0) is 14.6. The van der Waals surface area contributed by atoms with Crippen LogP contribution in [0.15, 0.2) is 16.6 Å². The lowest BCUT2D eigenvalue weighted by Crippen LogP contribution is -2.32. The second-order valence-electron chi connectivity index (χ2n) is 3.39. The number of carboxylic acid groups (broad SMARTS) is 1. The van der Waals surface area contributed by atoms with Crippen LogP contribution < -0.4 is 4.74 Å². The summed E-state index contributed by atoms with van der Waals surface area (Å²) in [5.74, 6) is -2.56. The van der Waals surface area contributed by atoms with Crippen LogP contribution in [0.1, 0.15) is 0 Å². The normalized spacial score (nSPS) is 11.9. The molecular weight excluding hydrogens is 329 g/mol. The molecule has 0 radical (unpaired) electrons. The number of rotatable bonds is 6. The average molecular weight is 338 g/mol. The molecule has 0 heterocycles. The molecule has 0 aliphatic rings. The van der Waals surface area contributed by atoms with Crippen molar-refractivity contribution in [1.29, 1.82) is 0 Å². The first-order valence-corrected chi connectivity index (χ1v) is 5.68. The van der Waals surface area contributed by atoms with E-state index in [1.807, 2.05) is 0 Å². The van der Waals surface area contributed by atoms with Gasteiger partial charge in [-0.15, -0.1) is 0 Å². The van der Waals surface area contributed by atoms with Crippen LogP contribution in [0.25, 0.3) is 0 Å². The summed E-state index contributed by atoms with van der Waals surface area (Å²) in [5, 5.41) is 19.7. The summed E-state index contributed by atoms with van der Waals surface area (Å²) in [4.78, 5) is 20.8. The fourth-order valence-corrected chi connectivity index (χ4v) is 1.76. The Hall–Kier alpha value is -1.74. The van der Waals surface area contributed by atoms with E-state index < -0.39 is 28.5 Å². The fourth-order valence-electron chi connectivity index (χ4n) is 1.25. The number of aliphatic carboxylic acids is 1. The van der Waals surface area contributed by atoms with Gasteiger partial charge in [-0.1, -0.05) is 0 Å². The third-order valence-electron chi connectivity index (χ3n) is 2.04. The molecule has 0 aromatic heterocycles. The maximum Gasteiger partial charge on any atom is 0.347 e. The highest BCUT2D eigenvalue weighted by atomic mass is 79.9. The number of benzene rings is 1. The SMILES string of the molecule is COCC(Oc1c(Br)cc(F)cc1[N+](=O)[O-])C(=O)O. The molecule has 0 fully saturated rings. The van der Waals surface area contributed by atoms with Gasteiger partial charge in [-0.3, -0.25) is 10.1 Å². The monoisotopic (exact) mass is 337 g/mol. The zero-order valence-electron chi connectivity index (χ0n) is 9.63. The van der Waals surface area contributed by atoms with Crippen LogP contribution in [0, 0.1) is 15.9 Å². The molecule has 0 spiro atoms. The number of nitrogens with zero attached hydrogens (tertiary/aromatic N) is 1. The van der Waals surface area contributed by atoms with Crippen molar-refractivity contribution in [3.8, 4) is 5.75 Å². The van der Waals surface area contributed by atoms with E-state index in [4.69, 9.17) is 9.84 Å². The summed E-state index contributed by atoms with van der Waals surface area (Å²) in [6.07, 6.45) is -1.44. The van der Waals surface area contributed by atoms with Gasteiger partial charge < -0.3 is 14.6 Å². The number of halogens is 2. The Morgan fingerprint density at radius 1 is 1.63 bits per heavy atom. The van der Waals surface area contributed by atoms with E-state index in [0.29, 0.717) is 6.07 Å². The molecule has 0 amide bonds. The molecule has 0 saturated carbocycles. The number of carboxylic acids is 1. The molecule has 104 valence electrons. The van der Waals surface area contributed by atoms with Gasteiger partial charge in [-0.25, -0.2) is 9.18 Å². The lowest BCUT2D eigenvalue weighted by atomic mass is 10.2. The van der Waals surface area contributed by atoms with E-state index in [-0.39, 0.29) is 16.8 Å². The van der Waals surface area contributed by atoms with Crippen molar-refractivity contribution >= 4 is 27.6 Å². The third-order valence-corrected chi connectivity index (χ3v) is 2.63. The van der Waals surface area contributed by atoms with Crippen molar-refractivity contribution in [3.63, 3.8) is 0 Å². The van der Waals surface area contributed by atoms with Crippen LogP contribution in [0.3, 0.4) is 0 Å². The van der Waals surface area contributed by atoms with E-state index in [0.717, 1.165) is 6.07 Å². The Morgan fingerprint density at radius 2 is 2.26 bits per heavy atom. The van der Waals surface area contributed by atoms with Gasteiger partial charge >= 0.3 is 11.7 Å². The van der Waals surface area contributed by atoms with E-state index in [9.17, 15) is 19.3 Å². The molecule has 1 N–H and O–H groups in total. The molecule has 1 rings (SSSR count). The first-order chi connectivity index (χ1) is 8.86. The zero-order valence-corrected chi connectivity index (χ0v) is 11.2. The second-order valence-corrected chi connectivity index (χ2v) is 4.25. The summed E-state index contributed by atoms with van der Waals surface area (Å²) < 4.78 is 22.7. The van der Waals surface area contributed by atoms with Gasteiger partial charge in [-0.05, 0) is 22.0 Å². The molecule has 0 bridgehead atoms. The van der Waals surface area contributed by atoms with Crippen LogP contribution in [-0.4, -0.2) is 35.8 Å². The Bertz CT molecular complexity index is 509. The topological polar surface area (TPSA) is 98.9 Å². The molecule has 0 saturated heterocycles. The third kappa shape index (κ3) is 3.86. The van der Waals surface area contributed by atoms with Gasteiger partial charge in [0.2, 0.25) is 11.9 Å². The van der Waals surface area contributed by atoms with Crippen LogP contribution in [0.4, 0.5) is 10.1 Å². The molecule has 0 aliphatic carbocycles. The minimum absolute atomic E-state index is 0.0541. The van der Waals surface area contributed by atoms with Gasteiger partial charge in [0.25, 0.3) is 0 Å². The first-order valence-electron chi connectivity index (χ1n) is 4.88. The van der Waals surface area contributed by atoms with Crippen molar-refractivity contribution in [1.82, 2.24) is 0 Å². The van der Waals surface area contributed by atoms with Crippen molar-refractivity contribution in [2.24, 2.45) is 0 Å². The smallest absolute Gasteiger partial charge is 0.347 e. The van der Waals surface area contributed by atoms with Crippen LogP contribution in [0.5, 0.6) is 5.75 Å². The standard InChI is InChI=1S/C10H9BrFNO6/c1-18-4-8(10(14)15)19-9-6(11)2-5(12)3-7(9)13(16)17/h2-3,8H,4H2,1H3,(H,14,15). The maximum atomic E-state index is 13.1. The summed E-state index contributed by atoms with van der Waals surface area (Å²) in [6.45, 7) is -0.309. The Morgan fingerprint density at radius 3 is 2.74 bits per heavy atom. The van der Waals surface area contributed by atoms with Gasteiger partial charge in [0.05, 0.1) is 22.1 Å². The Balaban J connectivity index is 3.18. The molecular formula is C10H9BrFNO6. The number of nitro benzene ring substituents is 1. The van der Waals surface area contributed by atoms with Gasteiger partial charge in [0.15, 0.2) is 0 Å². The first kappa shape index (κ1) is 15.3. The summed E-state index contributed by atoms with van der Waals surface area (Å²) in [7, 11) is 1.26. The van der Waals surface area contributed by atoms with E-state index >= 15 is 0 Å². The molecule has 19 heavy (non-hydrogen) atoms. The molecule has 1 atom stereocenters. The van der Waals surface area contributed by atoms with Crippen molar-refractivity contribution in [2.45, 2.75) is 6.10 Å². The average Bonchev–Trinajstić information content (AvgIpc) is 2.30. The molecule has 7 nitrogen and oxygen atoms in total. The largest absolute Gasteiger partial charge is 0.478 e. The number of hydrogen-bond acceptors (Lipinski definition) is 5. The number of nitro groups is 1. The molecule has 1 unspecified atom stereocenters. The number of carbonyl (C=O) groups is 1. The predicted octanol–water partition coefficient (Wildman–Crippen LogP) is 1.97. The molecule has 9 heteroatoms. The molecule has 0 aliphatic heterocycles. The lowest BCUT2D eigenvalue weighted by Gasteiger charge is -2.15. The Kier molecular flexibility index (Phi) is 5.19. The summed E-state index contributed by atoms with van der Waals surface area (Å²) >= 11 is 2.89. The second kappa shape index (κ2) is 6.43. The van der Waals surface area contributed by atoms with Gasteiger partial charge in [-0.2, -0.15) is 0 Å². The molecule has 1 aromatic rings. The maximum absolute atomic E-state index is 13.1. The number of methoxy groups -OCH3 is 1.